The summed E-state index contributed by atoms with van der Waals surface area (Å²) < 4.78 is 12.5. The molecule has 0 aliphatic rings. The van der Waals surface area contributed by atoms with E-state index in [0.29, 0.717) is 12.1 Å². The normalized spacial score (nSPS) is 10.5. The Morgan fingerprint density at radius 1 is 1.19 bits per heavy atom. The molecule has 0 saturated carbocycles. The minimum absolute atomic E-state index is 0.333. The van der Waals surface area contributed by atoms with Gasteiger partial charge in [0.1, 0.15) is 11.5 Å². The van der Waals surface area contributed by atoms with E-state index < -0.39 is 5.97 Å². The van der Waals surface area contributed by atoms with Gasteiger partial charge in [0.2, 0.25) is 0 Å². The van der Waals surface area contributed by atoms with Crippen LogP contribution in [0.1, 0.15) is 27.3 Å². The summed E-state index contributed by atoms with van der Waals surface area (Å²) in [7, 11) is 3.21. The van der Waals surface area contributed by atoms with Crippen molar-refractivity contribution in [1.29, 1.82) is 0 Å². The first-order chi connectivity index (χ1) is 9.97. The lowest BCUT2D eigenvalue weighted by atomic mass is 10.2. The van der Waals surface area contributed by atoms with E-state index in [0.717, 1.165) is 28.5 Å². The molecule has 0 atom stereocenters. The van der Waals surface area contributed by atoms with Crippen molar-refractivity contribution in [2.75, 3.05) is 14.2 Å². The number of nitrogens with zero attached hydrogens (tertiary/aromatic N) is 1. The Labute approximate surface area is 123 Å². The van der Waals surface area contributed by atoms with E-state index in [1.54, 1.807) is 20.3 Å². The third kappa shape index (κ3) is 2.86. The second-order valence-electron chi connectivity index (χ2n) is 4.85. The lowest BCUT2D eigenvalue weighted by Crippen LogP contribution is -2.07. The van der Waals surface area contributed by atoms with Crippen molar-refractivity contribution in [2.45, 2.75) is 20.4 Å². The Morgan fingerprint density at radius 3 is 2.43 bits per heavy atom. The van der Waals surface area contributed by atoms with Gasteiger partial charge in [-0.05, 0) is 32.0 Å². The highest BCUT2D eigenvalue weighted by Crippen LogP contribution is 2.27. The molecule has 0 bridgehead atoms. The summed E-state index contributed by atoms with van der Waals surface area (Å²) in [4.78, 5) is 11.2. The number of hydrogen-bond donors (Lipinski definition) is 1. The smallest absolute Gasteiger partial charge is 0.337 e. The highest BCUT2D eigenvalue weighted by molar-refractivity contribution is 5.89. The number of ether oxygens (including phenoxy) is 2. The van der Waals surface area contributed by atoms with Gasteiger partial charge >= 0.3 is 5.97 Å². The molecule has 0 amide bonds. The molecule has 0 unspecified atom stereocenters. The zero-order valence-electron chi connectivity index (χ0n) is 12.6. The molecule has 0 saturated heterocycles. The number of rotatable bonds is 5. The van der Waals surface area contributed by atoms with Crippen LogP contribution in [0.25, 0.3) is 0 Å². The van der Waals surface area contributed by atoms with Crippen LogP contribution in [0.2, 0.25) is 0 Å². The Hall–Kier alpha value is -2.43. The van der Waals surface area contributed by atoms with Crippen molar-refractivity contribution in [2.24, 2.45) is 0 Å². The molecule has 1 heterocycles. The third-order valence-corrected chi connectivity index (χ3v) is 3.63. The van der Waals surface area contributed by atoms with Crippen molar-refractivity contribution in [3.05, 3.63) is 46.8 Å². The summed E-state index contributed by atoms with van der Waals surface area (Å²) in [5.74, 6) is 0.539. The van der Waals surface area contributed by atoms with Crippen LogP contribution in [0.3, 0.4) is 0 Å². The second kappa shape index (κ2) is 5.91. The standard InChI is InChI=1S/C16H19NO4/c1-10-7-14(16(18)19)11(2)17(10)9-12-5-6-13(20-3)8-15(12)21-4/h5-8H,9H2,1-4H3,(H,18,19). The fourth-order valence-corrected chi connectivity index (χ4v) is 2.41. The highest BCUT2D eigenvalue weighted by atomic mass is 16.5. The Balaban J connectivity index is 2.41. The Kier molecular flexibility index (Phi) is 4.21. The van der Waals surface area contributed by atoms with Gasteiger partial charge in [-0.2, -0.15) is 0 Å². The molecule has 5 nitrogen and oxygen atoms in total. The minimum Gasteiger partial charge on any atom is -0.497 e. The minimum atomic E-state index is -0.906. The monoisotopic (exact) mass is 289 g/mol. The topological polar surface area (TPSA) is 60.7 Å². The molecule has 0 aliphatic heterocycles. The van der Waals surface area contributed by atoms with Crippen LogP contribution in [0.4, 0.5) is 0 Å². The van der Waals surface area contributed by atoms with Crippen LogP contribution in [0, 0.1) is 13.8 Å². The zero-order valence-corrected chi connectivity index (χ0v) is 12.6. The maximum absolute atomic E-state index is 11.2. The van der Waals surface area contributed by atoms with Gasteiger partial charge in [0.05, 0.1) is 26.3 Å². The Bertz CT molecular complexity index is 673. The van der Waals surface area contributed by atoms with Crippen LogP contribution in [-0.4, -0.2) is 29.9 Å². The molecule has 0 fully saturated rings. The van der Waals surface area contributed by atoms with E-state index >= 15 is 0 Å². The number of aromatic nitrogens is 1. The summed E-state index contributed by atoms with van der Waals surface area (Å²) in [5.41, 5.74) is 2.94. The molecule has 21 heavy (non-hydrogen) atoms. The highest BCUT2D eigenvalue weighted by Gasteiger charge is 2.16. The first-order valence-electron chi connectivity index (χ1n) is 6.58. The van der Waals surface area contributed by atoms with Crippen molar-refractivity contribution in [1.82, 2.24) is 4.57 Å². The Morgan fingerprint density at radius 2 is 1.90 bits per heavy atom. The van der Waals surface area contributed by atoms with E-state index in [2.05, 4.69) is 0 Å². The van der Waals surface area contributed by atoms with E-state index in [1.807, 2.05) is 36.6 Å². The van der Waals surface area contributed by atoms with Gasteiger partial charge in [0.15, 0.2) is 0 Å². The summed E-state index contributed by atoms with van der Waals surface area (Å²) in [6, 6.07) is 7.30. The van der Waals surface area contributed by atoms with Gasteiger partial charge in [0.25, 0.3) is 0 Å². The summed E-state index contributed by atoms with van der Waals surface area (Å²) >= 11 is 0. The first-order valence-corrected chi connectivity index (χ1v) is 6.58. The molecular formula is C16H19NO4. The molecule has 112 valence electrons. The number of aryl methyl sites for hydroxylation is 1. The summed E-state index contributed by atoms with van der Waals surface area (Å²) in [5, 5.41) is 9.18. The van der Waals surface area contributed by atoms with Crippen molar-refractivity contribution in [3.8, 4) is 11.5 Å². The number of carboxylic acid groups (broad SMARTS) is 1. The van der Waals surface area contributed by atoms with E-state index in [9.17, 15) is 9.90 Å². The van der Waals surface area contributed by atoms with Gasteiger partial charge in [0, 0.05) is 23.0 Å². The van der Waals surface area contributed by atoms with Gasteiger partial charge in [-0.15, -0.1) is 0 Å². The SMILES string of the molecule is COc1ccc(Cn2c(C)cc(C(=O)O)c2C)c(OC)c1. The lowest BCUT2D eigenvalue weighted by Gasteiger charge is -2.14. The summed E-state index contributed by atoms with van der Waals surface area (Å²) in [6.45, 7) is 4.26. The van der Waals surface area contributed by atoms with E-state index in [4.69, 9.17) is 9.47 Å². The molecule has 0 spiro atoms. The molecule has 2 rings (SSSR count). The second-order valence-corrected chi connectivity index (χ2v) is 4.85. The lowest BCUT2D eigenvalue weighted by molar-refractivity contribution is 0.0696. The molecule has 2 aromatic rings. The molecule has 0 aliphatic carbocycles. The fraction of sp³-hybridized carbons (Fsp3) is 0.312. The van der Waals surface area contributed by atoms with Crippen LogP contribution in [0.15, 0.2) is 24.3 Å². The average molecular weight is 289 g/mol. The number of carboxylic acids is 1. The van der Waals surface area contributed by atoms with Gasteiger partial charge < -0.3 is 19.1 Å². The van der Waals surface area contributed by atoms with Gasteiger partial charge in [-0.3, -0.25) is 0 Å². The molecule has 0 radical (unpaired) electrons. The van der Waals surface area contributed by atoms with Crippen molar-refractivity contribution in [3.63, 3.8) is 0 Å². The van der Waals surface area contributed by atoms with Crippen LogP contribution in [-0.2, 0) is 6.54 Å². The number of benzene rings is 1. The number of carbonyl (C=O) groups is 1. The number of aromatic carboxylic acids is 1. The molecule has 1 aromatic carbocycles. The number of hydrogen-bond acceptors (Lipinski definition) is 3. The fourth-order valence-electron chi connectivity index (χ4n) is 2.41. The molecular weight excluding hydrogens is 270 g/mol. The predicted octanol–water partition coefficient (Wildman–Crippen LogP) is 2.87. The van der Waals surface area contributed by atoms with Gasteiger partial charge in [-0.25, -0.2) is 4.79 Å². The van der Waals surface area contributed by atoms with E-state index in [-0.39, 0.29) is 0 Å². The number of methoxy groups -OCH3 is 2. The van der Waals surface area contributed by atoms with Crippen LogP contribution < -0.4 is 9.47 Å². The molecule has 5 heteroatoms. The largest absolute Gasteiger partial charge is 0.497 e. The van der Waals surface area contributed by atoms with Crippen LogP contribution in [0.5, 0.6) is 11.5 Å². The zero-order chi connectivity index (χ0) is 15.6. The van der Waals surface area contributed by atoms with Gasteiger partial charge in [-0.1, -0.05) is 0 Å². The molecule has 1 N–H and O–H groups in total. The van der Waals surface area contributed by atoms with Crippen molar-refractivity contribution < 1.29 is 19.4 Å². The molecule has 1 aromatic heterocycles. The van der Waals surface area contributed by atoms with Crippen LogP contribution >= 0.6 is 0 Å². The predicted molar refractivity (Wildman–Crippen MR) is 79.5 cm³/mol. The summed E-state index contributed by atoms with van der Waals surface area (Å²) in [6.07, 6.45) is 0. The maximum atomic E-state index is 11.2. The average Bonchev–Trinajstić information content (AvgIpc) is 2.75. The third-order valence-electron chi connectivity index (χ3n) is 3.63. The van der Waals surface area contributed by atoms with Crippen molar-refractivity contribution >= 4 is 5.97 Å². The first kappa shape index (κ1) is 15.0. The maximum Gasteiger partial charge on any atom is 0.337 e. The van der Waals surface area contributed by atoms with E-state index in [1.165, 1.54) is 0 Å². The quantitative estimate of drug-likeness (QED) is 0.919.